The third-order valence-corrected chi connectivity index (χ3v) is 2.15. The number of hydrogen-bond acceptors (Lipinski definition) is 3. The summed E-state index contributed by atoms with van der Waals surface area (Å²) in [6, 6.07) is 3.76. The minimum atomic E-state index is -0.270. The van der Waals surface area contributed by atoms with Gasteiger partial charge in [-0.2, -0.15) is 0 Å². The Hall–Kier alpha value is -0.900. The maximum atomic E-state index is 11.0. The van der Waals surface area contributed by atoms with Crippen LogP contribution in [0.1, 0.15) is 11.3 Å². The fraction of sp³-hybridized carbons (Fsp3) is 0.333. The molecule has 0 saturated heterocycles. The lowest BCUT2D eigenvalue weighted by molar-refractivity contribution is -0.139. The molecule has 0 aromatic carbocycles. The standard InChI is InChI=1S/C9H10BrNO2/c1-6-3-4-8(10)11-7(6)5-9(12)13-2/h3-4H,5H2,1-2H3. The lowest BCUT2D eigenvalue weighted by Gasteiger charge is -2.03. The van der Waals surface area contributed by atoms with E-state index in [-0.39, 0.29) is 12.4 Å². The molecule has 0 aliphatic rings. The van der Waals surface area contributed by atoms with E-state index in [9.17, 15) is 4.79 Å². The summed E-state index contributed by atoms with van der Waals surface area (Å²) in [7, 11) is 1.37. The molecule has 4 heteroatoms. The van der Waals surface area contributed by atoms with Crippen molar-refractivity contribution >= 4 is 21.9 Å². The van der Waals surface area contributed by atoms with Gasteiger partial charge in [0.05, 0.1) is 19.2 Å². The number of halogens is 1. The van der Waals surface area contributed by atoms with Crippen LogP contribution in [-0.4, -0.2) is 18.1 Å². The summed E-state index contributed by atoms with van der Waals surface area (Å²) in [4.78, 5) is 15.1. The first-order chi connectivity index (χ1) is 6.13. The van der Waals surface area contributed by atoms with Crippen molar-refractivity contribution < 1.29 is 9.53 Å². The van der Waals surface area contributed by atoms with Gasteiger partial charge in [0.15, 0.2) is 0 Å². The van der Waals surface area contributed by atoms with Crippen LogP contribution in [0.3, 0.4) is 0 Å². The van der Waals surface area contributed by atoms with Crippen molar-refractivity contribution in [2.24, 2.45) is 0 Å². The monoisotopic (exact) mass is 243 g/mol. The number of hydrogen-bond donors (Lipinski definition) is 0. The highest BCUT2D eigenvalue weighted by Gasteiger charge is 2.07. The Kier molecular flexibility index (Phi) is 3.42. The predicted molar refractivity (Wildman–Crippen MR) is 52.4 cm³/mol. The zero-order chi connectivity index (χ0) is 9.84. The Morgan fingerprint density at radius 2 is 2.31 bits per heavy atom. The van der Waals surface area contributed by atoms with Crippen molar-refractivity contribution in [1.29, 1.82) is 0 Å². The van der Waals surface area contributed by atoms with E-state index in [1.165, 1.54) is 7.11 Å². The molecule has 0 spiro atoms. The van der Waals surface area contributed by atoms with E-state index in [0.717, 1.165) is 15.9 Å². The van der Waals surface area contributed by atoms with Gasteiger partial charge >= 0.3 is 5.97 Å². The van der Waals surface area contributed by atoms with Gasteiger partial charge in [-0.3, -0.25) is 4.79 Å². The van der Waals surface area contributed by atoms with Crippen LogP contribution in [0, 0.1) is 6.92 Å². The smallest absolute Gasteiger partial charge is 0.311 e. The fourth-order valence-electron chi connectivity index (χ4n) is 0.932. The summed E-state index contributed by atoms with van der Waals surface area (Å²) in [6.45, 7) is 1.91. The largest absolute Gasteiger partial charge is 0.469 e. The molecule has 0 radical (unpaired) electrons. The van der Waals surface area contributed by atoms with Crippen LogP contribution < -0.4 is 0 Å². The Morgan fingerprint density at radius 1 is 1.62 bits per heavy atom. The number of aryl methyl sites for hydroxylation is 1. The van der Waals surface area contributed by atoms with Gasteiger partial charge < -0.3 is 4.74 Å². The Morgan fingerprint density at radius 3 is 2.92 bits per heavy atom. The fourth-order valence-corrected chi connectivity index (χ4v) is 1.28. The van der Waals surface area contributed by atoms with Crippen LogP contribution in [0.15, 0.2) is 16.7 Å². The van der Waals surface area contributed by atoms with E-state index in [1.54, 1.807) is 0 Å². The van der Waals surface area contributed by atoms with Crippen molar-refractivity contribution in [3.8, 4) is 0 Å². The van der Waals surface area contributed by atoms with E-state index in [1.807, 2.05) is 19.1 Å². The van der Waals surface area contributed by atoms with Gasteiger partial charge in [-0.1, -0.05) is 6.07 Å². The van der Waals surface area contributed by atoms with E-state index in [4.69, 9.17) is 0 Å². The number of ether oxygens (including phenoxy) is 1. The first kappa shape index (κ1) is 10.2. The van der Waals surface area contributed by atoms with Crippen molar-refractivity contribution in [3.63, 3.8) is 0 Å². The molecule has 0 saturated carbocycles. The number of methoxy groups -OCH3 is 1. The minimum Gasteiger partial charge on any atom is -0.469 e. The molecule has 0 N–H and O–H groups in total. The van der Waals surface area contributed by atoms with Gasteiger partial charge in [-0.05, 0) is 34.5 Å². The van der Waals surface area contributed by atoms with E-state index < -0.39 is 0 Å². The van der Waals surface area contributed by atoms with E-state index in [0.29, 0.717) is 0 Å². The third-order valence-electron chi connectivity index (χ3n) is 1.71. The number of esters is 1. The van der Waals surface area contributed by atoms with Gasteiger partial charge in [-0.15, -0.1) is 0 Å². The molecule has 0 unspecified atom stereocenters. The molecule has 1 heterocycles. The van der Waals surface area contributed by atoms with Gasteiger partial charge in [0.1, 0.15) is 4.60 Å². The second kappa shape index (κ2) is 4.37. The zero-order valence-electron chi connectivity index (χ0n) is 7.50. The van der Waals surface area contributed by atoms with Crippen LogP contribution in [0.25, 0.3) is 0 Å². The second-order valence-corrected chi connectivity index (χ2v) is 3.46. The maximum absolute atomic E-state index is 11.0. The molecule has 0 amide bonds. The molecule has 3 nitrogen and oxygen atoms in total. The highest BCUT2D eigenvalue weighted by molar-refractivity contribution is 9.10. The lowest BCUT2D eigenvalue weighted by atomic mass is 10.2. The molecule has 13 heavy (non-hydrogen) atoms. The molecule has 70 valence electrons. The van der Waals surface area contributed by atoms with Crippen LogP contribution in [0.2, 0.25) is 0 Å². The van der Waals surface area contributed by atoms with Crippen molar-refractivity contribution in [1.82, 2.24) is 4.98 Å². The molecule has 0 bridgehead atoms. The van der Waals surface area contributed by atoms with E-state index >= 15 is 0 Å². The molecule has 1 aromatic heterocycles. The van der Waals surface area contributed by atoms with Crippen LogP contribution in [0.5, 0.6) is 0 Å². The highest BCUT2D eigenvalue weighted by atomic mass is 79.9. The molecule has 0 aliphatic heterocycles. The molecular formula is C9H10BrNO2. The van der Waals surface area contributed by atoms with Crippen molar-refractivity contribution in [2.45, 2.75) is 13.3 Å². The minimum absolute atomic E-state index is 0.224. The van der Waals surface area contributed by atoms with E-state index in [2.05, 4.69) is 25.7 Å². The quantitative estimate of drug-likeness (QED) is 0.588. The van der Waals surface area contributed by atoms with Crippen molar-refractivity contribution in [3.05, 3.63) is 28.0 Å². The molecule has 1 rings (SSSR count). The Balaban J connectivity index is 2.87. The zero-order valence-corrected chi connectivity index (χ0v) is 9.09. The van der Waals surface area contributed by atoms with Gasteiger partial charge in [0.2, 0.25) is 0 Å². The topological polar surface area (TPSA) is 39.2 Å². The highest BCUT2D eigenvalue weighted by Crippen LogP contribution is 2.11. The SMILES string of the molecule is COC(=O)Cc1nc(Br)ccc1C. The average molecular weight is 244 g/mol. The number of nitrogens with zero attached hydrogens (tertiary/aromatic N) is 1. The summed E-state index contributed by atoms with van der Waals surface area (Å²) in [5, 5.41) is 0. The average Bonchev–Trinajstić information content (AvgIpc) is 2.11. The van der Waals surface area contributed by atoms with Gasteiger partial charge in [0, 0.05) is 0 Å². The molecule has 1 aromatic rings. The first-order valence-corrected chi connectivity index (χ1v) is 4.61. The maximum Gasteiger partial charge on any atom is 0.311 e. The Bertz CT molecular complexity index is 325. The first-order valence-electron chi connectivity index (χ1n) is 3.82. The van der Waals surface area contributed by atoms with Crippen molar-refractivity contribution in [2.75, 3.05) is 7.11 Å². The van der Waals surface area contributed by atoms with Crippen LogP contribution in [0.4, 0.5) is 0 Å². The number of carbonyl (C=O) groups is 1. The molecule has 0 atom stereocenters. The summed E-state index contributed by atoms with van der Waals surface area (Å²) in [5.74, 6) is -0.270. The summed E-state index contributed by atoms with van der Waals surface area (Å²) >= 11 is 3.24. The van der Waals surface area contributed by atoms with Gasteiger partial charge in [0.25, 0.3) is 0 Å². The number of carbonyl (C=O) groups excluding carboxylic acids is 1. The number of pyridine rings is 1. The summed E-state index contributed by atoms with van der Waals surface area (Å²) in [5.41, 5.74) is 1.75. The summed E-state index contributed by atoms with van der Waals surface area (Å²) in [6.07, 6.45) is 0.224. The lowest BCUT2D eigenvalue weighted by Crippen LogP contribution is -2.07. The molecular weight excluding hydrogens is 234 g/mol. The molecule has 0 fully saturated rings. The predicted octanol–water partition coefficient (Wildman–Crippen LogP) is 1.87. The number of aromatic nitrogens is 1. The van der Waals surface area contributed by atoms with Gasteiger partial charge in [-0.25, -0.2) is 4.98 Å². The number of rotatable bonds is 2. The Labute approximate surface area is 85.3 Å². The van der Waals surface area contributed by atoms with Crippen LogP contribution >= 0.6 is 15.9 Å². The third kappa shape index (κ3) is 2.81. The van der Waals surface area contributed by atoms with Crippen LogP contribution in [-0.2, 0) is 16.0 Å². The molecule has 0 aliphatic carbocycles. The summed E-state index contributed by atoms with van der Waals surface area (Å²) < 4.78 is 5.29. The second-order valence-electron chi connectivity index (χ2n) is 2.65. The normalized spacial score (nSPS) is 9.77.